The Morgan fingerprint density at radius 1 is 0.762 bits per heavy atom. The van der Waals surface area contributed by atoms with Gasteiger partial charge in [0, 0.05) is 14.1 Å². The molecule has 0 unspecified atom stereocenters. The number of hydrogen-bond acceptors (Lipinski definition) is 8. The molecule has 0 bridgehead atoms. The van der Waals surface area contributed by atoms with Crippen molar-refractivity contribution in [2.75, 3.05) is 6.61 Å². The van der Waals surface area contributed by atoms with Gasteiger partial charge >= 0.3 is 5.69 Å². The van der Waals surface area contributed by atoms with Crippen LogP contribution in [0, 0.1) is 0 Å². The van der Waals surface area contributed by atoms with Crippen molar-refractivity contribution in [3.63, 3.8) is 0 Å². The first kappa shape index (κ1) is 28.3. The summed E-state index contributed by atoms with van der Waals surface area (Å²) in [4.78, 5) is 26.2. The van der Waals surface area contributed by atoms with E-state index in [4.69, 9.17) is 23.7 Å². The molecule has 42 heavy (non-hydrogen) atoms. The third-order valence-corrected chi connectivity index (χ3v) is 8.72. The Bertz CT molecular complexity index is 1610. The zero-order valence-electron chi connectivity index (χ0n) is 23.3. The Hall–Kier alpha value is -3.83. The van der Waals surface area contributed by atoms with Crippen molar-refractivity contribution < 1.29 is 23.7 Å². The van der Waals surface area contributed by atoms with E-state index in [2.05, 4.69) is 0 Å². The smallest absolute Gasteiger partial charge is 0.333 e. The predicted molar refractivity (Wildman–Crippen MR) is 158 cm³/mol. The summed E-state index contributed by atoms with van der Waals surface area (Å²) in [7, 11) is 3.04. The third kappa shape index (κ3) is 5.89. The highest BCUT2D eigenvalue weighted by atomic mass is 32.2. The van der Waals surface area contributed by atoms with Crippen molar-refractivity contribution in [3.05, 3.63) is 123 Å². The number of nitrogens with zero attached hydrogens (tertiary/aromatic N) is 2. The molecule has 0 spiro atoms. The first-order valence-electron chi connectivity index (χ1n) is 13.8. The molecule has 1 saturated heterocycles. The molecule has 4 aromatic rings. The number of thioether (sulfide) groups is 1. The van der Waals surface area contributed by atoms with E-state index in [0.717, 1.165) is 15.7 Å². The van der Waals surface area contributed by atoms with Gasteiger partial charge in [0.05, 0.1) is 13.2 Å². The summed E-state index contributed by atoms with van der Waals surface area (Å²) in [5.74, 6) is 0.879. The SMILES string of the molecule is Cn1c2c(c(=O)n(C)c1=O)S[C@H]1[C@@H](O2)O[C@H](COc2ccccc2)[C@@H](OCc2ccccc2)[C@@H]1OCc1ccccc1. The maximum atomic E-state index is 13.2. The topological polar surface area (TPSA) is 90.2 Å². The van der Waals surface area contributed by atoms with Crippen LogP contribution in [0.25, 0.3) is 0 Å². The van der Waals surface area contributed by atoms with E-state index in [1.165, 1.54) is 23.4 Å². The number of hydrogen-bond donors (Lipinski definition) is 0. The van der Waals surface area contributed by atoms with Gasteiger partial charge < -0.3 is 23.7 Å². The van der Waals surface area contributed by atoms with E-state index in [1.54, 1.807) is 7.05 Å². The second kappa shape index (κ2) is 12.6. The molecule has 6 rings (SSSR count). The highest BCUT2D eigenvalue weighted by Crippen LogP contribution is 2.44. The van der Waals surface area contributed by atoms with Crippen molar-refractivity contribution in [1.82, 2.24) is 9.13 Å². The highest BCUT2D eigenvalue weighted by molar-refractivity contribution is 8.00. The van der Waals surface area contributed by atoms with E-state index >= 15 is 0 Å². The third-order valence-electron chi connectivity index (χ3n) is 7.37. The minimum atomic E-state index is -0.818. The lowest BCUT2D eigenvalue weighted by atomic mass is 10.00. The van der Waals surface area contributed by atoms with Crippen LogP contribution in [-0.2, 0) is 41.5 Å². The van der Waals surface area contributed by atoms with E-state index in [-0.39, 0.29) is 12.5 Å². The number of benzene rings is 3. The van der Waals surface area contributed by atoms with Crippen molar-refractivity contribution in [2.45, 2.75) is 48.0 Å². The van der Waals surface area contributed by atoms with Crippen LogP contribution < -0.4 is 20.7 Å². The molecule has 2 aliphatic heterocycles. The molecular weight excluding hydrogens is 556 g/mol. The summed E-state index contributed by atoms with van der Waals surface area (Å²) in [5.41, 5.74) is 1.11. The van der Waals surface area contributed by atoms with Crippen molar-refractivity contribution in [1.29, 1.82) is 0 Å². The zero-order valence-corrected chi connectivity index (χ0v) is 24.1. The second-order valence-corrected chi connectivity index (χ2v) is 11.4. The Labute approximate surface area is 247 Å². The van der Waals surface area contributed by atoms with Crippen LogP contribution in [-0.4, -0.2) is 45.6 Å². The average molecular weight is 589 g/mol. The molecule has 218 valence electrons. The van der Waals surface area contributed by atoms with Crippen LogP contribution >= 0.6 is 11.8 Å². The number of para-hydroxylation sites is 1. The molecule has 1 aromatic heterocycles. The van der Waals surface area contributed by atoms with Gasteiger partial charge in [-0.3, -0.25) is 13.9 Å². The standard InChI is InChI=1S/C32H32N2O7S/c1-33-29(35)28-30(34(2)32(33)36)41-31-27(42-28)26(39-19-22-14-8-4-9-15-22)25(38-18-21-12-6-3-7-13-21)24(40-31)20-37-23-16-10-5-11-17-23/h3-17,24-27,31H,18-20H2,1-2H3/t24-,25-,26+,27-,31-/m1/s1. The van der Waals surface area contributed by atoms with Crippen LogP contribution in [0.15, 0.2) is 105 Å². The van der Waals surface area contributed by atoms with Crippen LogP contribution in [0.4, 0.5) is 0 Å². The van der Waals surface area contributed by atoms with Gasteiger partial charge in [-0.15, -0.1) is 11.8 Å². The molecule has 9 nitrogen and oxygen atoms in total. The number of ether oxygens (including phenoxy) is 5. The fourth-order valence-corrected chi connectivity index (χ4v) is 6.52. The predicted octanol–water partition coefficient (Wildman–Crippen LogP) is 3.91. The Morgan fingerprint density at radius 2 is 1.33 bits per heavy atom. The van der Waals surface area contributed by atoms with Gasteiger partial charge in [0.1, 0.15) is 40.8 Å². The van der Waals surface area contributed by atoms with Gasteiger partial charge in [0.15, 0.2) is 0 Å². The summed E-state index contributed by atoms with van der Waals surface area (Å²) in [6.07, 6.45) is -2.51. The molecule has 0 N–H and O–H groups in total. The lowest BCUT2D eigenvalue weighted by Gasteiger charge is -2.47. The van der Waals surface area contributed by atoms with Crippen LogP contribution in [0.2, 0.25) is 0 Å². The maximum absolute atomic E-state index is 13.2. The van der Waals surface area contributed by atoms with E-state index in [1.807, 2.05) is 91.0 Å². The van der Waals surface area contributed by atoms with E-state index < -0.39 is 41.1 Å². The van der Waals surface area contributed by atoms with Crippen LogP contribution in [0.5, 0.6) is 11.6 Å². The van der Waals surface area contributed by atoms with Gasteiger partial charge in [-0.2, -0.15) is 0 Å². The molecule has 0 aliphatic carbocycles. The average Bonchev–Trinajstić information content (AvgIpc) is 3.04. The molecule has 3 aromatic carbocycles. The fourth-order valence-electron chi connectivity index (χ4n) is 5.13. The summed E-state index contributed by atoms with van der Waals surface area (Å²) in [6.45, 7) is 0.830. The van der Waals surface area contributed by atoms with Crippen molar-refractivity contribution >= 4 is 11.8 Å². The Balaban J connectivity index is 1.36. The van der Waals surface area contributed by atoms with E-state index in [0.29, 0.717) is 23.9 Å². The second-order valence-electron chi connectivity index (χ2n) is 10.2. The Kier molecular flexibility index (Phi) is 8.48. The van der Waals surface area contributed by atoms with Crippen molar-refractivity contribution in [3.8, 4) is 11.6 Å². The lowest BCUT2D eigenvalue weighted by molar-refractivity contribution is -0.251. The monoisotopic (exact) mass is 588 g/mol. The summed E-state index contributed by atoms with van der Waals surface area (Å²) in [6, 6.07) is 29.3. The molecule has 10 heteroatoms. The number of aromatic nitrogens is 2. The van der Waals surface area contributed by atoms with Gasteiger partial charge in [0.25, 0.3) is 5.56 Å². The Morgan fingerprint density at radius 3 is 1.95 bits per heavy atom. The molecular formula is C32H32N2O7S. The maximum Gasteiger partial charge on any atom is 0.333 e. The molecule has 3 heterocycles. The molecule has 0 amide bonds. The molecule has 1 fully saturated rings. The van der Waals surface area contributed by atoms with Crippen LogP contribution in [0.3, 0.4) is 0 Å². The van der Waals surface area contributed by atoms with Crippen LogP contribution in [0.1, 0.15) is 11.1 Å². The number of rotatable bonds is 9. The van der Waals surface area contributed by atoms with Gasteiger partial charge in [-0.25, -0.2) is 4.79 Å². The fraction of sp³-hybridized carbons (Fsp3) is 0.312. The largest absolute Gasteiger partial charge is 0.491 e. The minimum Gasteiger partial charge on any atom is -0.491 e. The van der Waals surface area contributed by atoms with E-state index in [9.17, 15) is 9.59 Å². The quantitative estimate of drug-likeness (QED) is 0.291. The summed E-state index contributed by atoms with van der Waals surface area (Å²) in [5, 5.41) is -0.458. The molecule has 2 aliphatic rings. The molecule has 0 saturated carbocycles. The molecule has 5 atom stereocenters. The van der Waals surface area contributed by atoms with Crippen molar-refractivity contribution in [2.24, 2.45) is 14.1 Å². The highest BCUT2D eigenvalue weighted by Gasteiger charge is 2.52. The lowest BCUT2D eigenvalue weighted by Crippen LogP contribution is -2.62. The zero-order chi connectivity index (χ0) is 29.1. The minimum absolute atomic E-state index is 0.175. The summed E-state index contributed by atoms with van der Waals surface area (Å²) < 4.78 is 34.5. The first-order chi connectivity index (χ1) is 20.5. The van der Waals surface area contributed by atoms with Gasteiger partial charge in [-0.1, -0.05) is 78.9 Å². The summed E-state index contributed by atoms with van der Waals surface area (Å²) >= 11 is 1.30. The number of fused-ring (bicyclic) bond motifs is 2. The normalized spacial score (nSPS) is 23.0. The molecule has 0 radical (unpaired) electrons. The van der Waals surface area contributed by atoms with Gasteiger partial charge in [-0.05, 0) is 23.3 Å². The first-order valence-corrected chi connectivity index (χ1v) is 14.7. The van der Waals surface area contributed by atoms with Gasteiger partial charge in [0.2, 0.25) is 12.2 Å².